The molecule has 38 heavy (non-hydrogen) atoms. The van der Waals surface area contributed by atoms with E-state index in [0.29, 0.717) is 28.5 Å². The van der Waals surface area contributed by atoms with Crippen LogP contribution in [0.25, 0.3) is 22.2 Å². The maximum absolute atomic E-state index is 14.0. The van der Waals surface area contributed by atoms with Gasteiger partial charge in [0.05, 0.1) is 17.4 Å². The van der Waals surface area contributed by atoms with Gasteiger partial charge in [0.2, 0.25) is 5.95 Å². The van der Waals surface area contributed by atoms with E-state index in [1.807, 2.05) is 35.9 Å². The number of benzene rings is 1. The van der Waals surface area contributed by atoms with Crippen molar-refractivity contribution in [1.29, 1.82) is 0 Å². The lowest BCUT2D eigenvalue weighted by molar-refractivity contribution is 0.112. The molecule has 0 spiro atoms. The van der Waals surface area contributed by atoms with Crippen LogP contribution < -0.4 is 21.1 Å². The molecule has 1 aliphatic heterocycles. The van der Waals surface area contributed by atoms with E-state index in [2.05, 4.69) is 31.6 Å². The minimum atomic E-state index is -0.0519. The molecule has 6 rings (SSSR count). The zero-order valence-electron chi connectivity index (χ0n) is 21.5. The lowest BCUT2D eigenvalue weighted by Crippen LogP contribution is -2.43. The van der Waals surface area contributed by atoms with Crippen LogP contribution in [0.4, 0.5) is 17.5 Å². The molecule has 0 radical (unpaired) electrons. The first-order valence-corrected chi connectivity index (χ1v) is 13.3. The molecule has 2 fully saturated rings. The highest BCUT2D eigenvalue weighted by Gasteiger charge is 2.25. The number of aromatic nitrogens is 4. The van der Waals surface area contributed by atoms with Gasteiger partial charge in [0.25, 0.3) is 5.56 Å². The molecular weight excluding hydrogens is 478 g/mol. The van der Waals surface area contributed by atoms with Crippen molar-refractivity contribution in [2.45, 2.75) is 38.6 Å². The summed E-state index contributed by atoms with van der Waals surface area (Å²) in [6, 6.07) is 11.3. The van der Waals surface area contributed by atoms with E-state index in [4.69, 9.17) is 4.98 Å². The fourth-order valence-corrected chi connectivity index (χ4v) is 5.65. The van der Waals surface area contributed by atoms with Crippen LogP contribution >= 0.6 is 0 Å². The number of hydrogen-bond donors (Lipinski definition) is 2. The maximum Gasteiger partial charge on any atom is 0.260 e. The number of pyridine rings is 2. The molecule has 1 aliphatic carbocycles. The standard InChI is InChI=1S/C29H31N7O2/c1-19-24-17-32-29(33-25-11-10-23(16-31-25)35-14-12-30-13-15-35)34-27(24)36(22-4-2-3-5-22)28(38)26(19)21-8-6-20(18-37)7-9-21/h6-11,16-18,22,30H,2-5,12-15H2,1H3,(H,31,32,33,34). The number of anilines is 3. The zero-order chi connectivity index (χ0) is 26.1. The summed E-state index contributed by atoms with van der Waals surface area (Å²) in [7, 11) is 0. The zero-order valence-corrected chi connectivity index (χ0v) is 21.5. The van der Waals surface area contributed by atoms with E-state index < -0.39 is 0 Å². The molecule has 194 valence electrons. The smallest absolute Gasteiger partial charge is 0.260 e. The van der Waals surface area contributed by atoms with Gasteiger partial charge in [0.15, 0.2) is 0 Å². The Bertz CT molecular complexity index is 1520. The Kier molecular flexibility index (Phi) is 6.59. The van der Waals surface area contributed by atoms with Gasteiger partial charge in [0, 0.05) is 49.4 Å². The molecule has 4 heterocycles. The number of carbonyl (C=O) groups is 1. The van der Waals surface area contributed by atoms with Crippen molar-refractivity contribution >= 4 is 34.8 Å². The molecule has 9 nitrogen and oxygen atoms in total. The number of hydrogen-bond acceptors (Lipinski definition) is 8. The van der Waals surface area contributed by atoms with Crippen LogP contribution in [0.2, 0.25) is 0 Å². The summed E-state index contributed by atoms with van der Waals surface area (Å²) >= 11 is 0. The van der Waals surface area contributed by atoms with Gasteiger partial charge in [-0.15, -0.1) is 0 Å². The molecule has 3 aromatic heterocycles. The van der Waals surface area contributed by atoms with E-state index in [-0.39, 0.29) is 11.6 Å². The van der Waals surface area contributed by atoms with Crippen LogP contribution in [0, 0.1) is 6.92 Å². The van der Waals surface area contributed by atoms with Crippen molar-refractivity contribution in [2.24, 2.45) is 0 Å². The summed E-state index contributed by atoms with van der Waals surface area (Å²) in [5.74, 6) is 1.06. The number of aldehydes is 1. The fraction of sp³-hybridized carbons (Fsp3) is 0.345. The number of piperazine rings is 1. The van der Waals surface area contributed by atoms with E-state index in [1.165, 1.54) is 0 Å². The predicted octanol–water partition coefficient (Wildman–Crippen LogP) is 4.24. The average molecular weight is 510 g/mol. The second-order valence-electron chi connectivity index (χ2n) is 10.0. The third kappa shape index (κ3) is 4.54. The third-order valence-electron chi connectivity index (χ3n) is 7.70. The molecule has 0 amide bonds. The summed E-state index contributed by atoms with van der Waals surface area (Å²) in [6.45, 7) is 5.81. The number of aryl methyl sites for hydroxylation is 1. The fourth-order valence-electron chi connectivity index (χ4n) is 5.65. The minimum absolute atomic E-state index is 0.0519. The van der Waals surface area contributed by atoms with Crippen molar-refractivity contribution in [3.05, 3.63) is 70.3 Å². The Morgan fingerprint density at radius 3 is 2.45 bits per heavy atom. The highest BCUT2D eigenvalue weighted by molar-refractivity contribution is 5.87. The van der Waals surface area contributed by atoms with E-state index >= 15 is 0 Å². The van der Waals surface area contributed by atoms with Crippen molar-refractivity contribution < 1.29 is 4.79 Å². The van der Waals surface area contributed by atoms with Gasteiger partial charge in [-0.05, 0) is 43.0 Å². The first kappa shape index (κ1) is 24.2. The molecule has 2 N–H and O–H groups in total. The molecule has 4 aromatic rings. The van der Waals surface area contributed by atoms with Gasteiger partial charge in [-0.1, -0.05) is 37.1 Å². The largest absolute Gasteiger partial charge is 0.368 e. The van der Waals surface area contributed by atoms with Gasteiger partial charge in [-0.25, -0.2) is 9.97 Å². The molecule has 0 atom stereocenters. The van der Waals surface area contributed by atoms with Gasteiger partial charge < -0.3 is 15.5 Å². The maximum atomic E-state index is 14.0. The van der Waals surface area contributed by atoms with Crippen molar-refractivity contribution in [2.75, 3.05) is 36.4 Å². The molecule has 1 aromatic carbocycles. The predicted molar refractivity (Wildman–Crippen MR) is 149 cm³/mol. The number of carbonyl (C=O) groups excluding carboxylic acids is 1. The quantitative estimate of drug-likeness (QED) is 0.372. The van der Waals surface area contributed by atoms with Gasteiger partial charge in [-0.3, -0.25) is 14.2 Å². The second-order valence-corrected chi connectivity index (χ2v) is 10.0. The van der Waals surface area contributed by atoms with E-state index in [0.717, 1.165) is 80.3 Å². The van der Waals surface area contributed by atoms with Crippen molar-refractivity contribution in [3.63, 3.8) is 0 Å². The van der Waals surface area contributed by atoms with E-state index in [1.54, 1.807) is 18.3 Å². The highest BCUT2D eigenvalue weighted by Crippen LogP contribution is 2.34. The average Bonchev–Trinajstić information content (AvgIpc) is 3.49. The number of fused-ring (bicyclic) bond motifs is 1. The topological polar surface area (TPSA) is 105 Å². The summed E-state index contributed by atoms with van der Waals surface area (Å²) in [4.78, 5) is 41.5. The van der Waals surface area contributed by atoms with Gasteiger partial charge in [0.1, 0.15) is 17.8 Å². The Labute approximate surface area is 221 Å². The molecule has 1 saturated carbocycles. The summed E-state index contributed by atoms with van der Waals surface area (Å²) in [5, 5.41) is 7.44. The lowest BCUT2D eigenvalue weighted by atomic mass is 9.98. The molecule has 2 aliphatic rings. The van der Waals surface area contributed by atoms with Crippen LogP contribution in [0.3, 0.4) is 0 Å². The Balaban J connectivity index is 1.39. The first-order valence-electron chi connectivity index (χ1n) is 13.3. The minimum Gasteiger partial charge on any atom is -0.368 e. The van der Waals surface area contributed by atoms with Gasteiger partial charge in [-0.2, -0.15) is 4.98 Å². The summed E-state index contributed by atoms with van der Waals surface area (Å²) in [5.41, 5.74) is 4.53. The molecular formula is C29H31N7O2. The molecule has 0 unspecified atom stereocenters. The van der Waals surface area contributed by atoms with Crippen molar-refractivity contribution in [3.8, 4) is 11.1 Å². The monoisotopic (exact) mass is 509 g/mol. The molecule has 9 heteroatoms. The van der Waals surface area contributed by atoms with Gasteiger partial charge >= 0.3 is 0 Å². The Morgan fingerprint density at radius 2 is 1.76 bits per heavy atom. The van der Waals surface area contributed by atoms with Crippen LogP contribution in [0.15, 0.2) is 53.6 Å². The SMILES string of the molecule is Cc1c(-c2ccc(C=O)cc2)c(=O)n(C2CCCC2)c2nc(Nc3ccc(N4CCNCC4)cn3)ncc12. The number of nitrogens with zero attached hydrogens (tertiary/aromatic N) is 5. The number of rotatable bonds is 6. The normalized spacial score (nSPS) is 16.2. The second kappa shape index (κ2) is 10.3. The third-order valence-corrected chi connectivity index (χ3v) is 7.70. The summed E-state index contributed by atoms with van der Waals surface area (Å²) in [6.07, 6.45) is 8.56. The van der Waals surface area contributed by atoms with Crippen LogP contribution in [0.1, 0.15) is 47.6 Å². The Morgan fingerprint density at radius 1 is 1.00 bits per heavy atom. The van der Waals surface area contributed by atoms with Crippen LogP contribution in [0.5, 0.6) is 0 Å². The highest BCUT2D eigenvalue weighted by atomic mass is 16.1. The Hall–Kier alpha value is -4.11. The molecule has 1 saturated heterocycles. The lowest BCUT2D eigenvalue weighted by Gasteiger charge is -2.29. The summed E-state index contributed by atoms with van der Waals surface area (Å²) < 4.78 is 1.87. The van der Waals surface area contributed by atoms with Crippen LogP contribution in [-0.4, -0.2) is 52.0 Å². The van der Waals surface area contributed by atoms with Crippen LogP contribution in [-0.2, 0) is 0 Å². The van der Waals surface area contributed by atoms with Crippen molar-refractivity contribution in [1.82, 2.24) is 24.8 Å². The first-order chi connectivity index (χ1) is 18.6. The molecule has 0 bridgehead atoms. The van der Waals surface area contributed by atoms with E-state index in [9.17, 15) is 9.59 Å². The number of nitrogens with one attached hydrogen (secondary N) is 2.